The van der Waals surface area contributed by atoms with Crippen LogP contribution >= 0.6 is 11.3 Å². The number of carbonyl (C=O) groups excluding carboxylic acids is 1. The van der Waals surface area contributed by atoms with E-state index in [2.05, 4.69) is 19.9 Å². The van der Waals surface area contributed by atoms with Crippen LogP contribution in [0.1, 0.15) is 50.3 Å². The fraction of sp³-hybridized carbons (Fsp3) is 0.600. The fourth-order valence-corrected chi connectivity index (χ4v) is 3.72. The largest absolute Gasteiger partial charge is 0.297 e. The highest BCUT2D eigenvalue weighted by Gasteiger charge is 2.40. The normalized spacial score (nSPS) is 24.2. The number of hydrogen-bond donors (Lipinski definition) is 0. The summed E-state index contributed by atoms with van der Waals surface area (Å²) >= 11 is 1.50. The highest BCUT2D eigenvalue weighted by Crippen LogP contribution is 2.43. The Morgan fingerprint density at radius 1 is 1.56 bits per heavy atom. The van der Waals surface area contributed by atoms with Gasteiger partial charge in [-0.15, -0.1) is 11.3 Å². The highest BCUT2D eigenvalue weighted by atomic mass is 32.1. The second-order valence-corrected chi connectivity index (χ2v) is 6.75. The number of Topliss-reactive ketones (excluding diaryl/α,β-unsaturated/α-hetero) is 1. The van der Waals surface area contributed by atoms with E-state index in [1.165, 1.54) is 17.8 Å². The Labute approximate surface area is 113 Å². The van der Waals surface area contributed by atoms with E-state index in [1.807, 2.05) is 17.5 Å². The molecule has 0 radical (unpaired) electrons. The molecule has 0 aliphatic heterocycles. The first-order valence-corrected chi connectivity index (χ1v) is 7.41. The minimum Gasteiger partial charge on any atom is -0.297 e. The van der Waals surface area contributed by atoms with Gasteiger partial charge in [0.25, 0.3) is 0 Å². The van der Waals surface area contributed by atoms with Crippen LogP contribution in [0.2, 0.25) is 0 Å². The van der Waals surface area contributed by atoms with Crippen LogP contribution in [0.5, 0.6) is 0 Å². The topological polar surface area (TPSA) is 40.9 Å². The van der Waals surface area contributed by atoms with Gasteiger partial charge in [-0.3, -0.25) is 4.79 Å². The summed E-state index contributed by atoms with van der Waals surface area (Å²) in [6, 6.07) is 6.00. The second-order valence-electron chi connectivity index (χ2n) is 5.77. The van der Waals surface area contributed by atoms with Gasteiger partial charge < -0.3 is 0 Å². The van der Waals surface area contributed by atoms with Crippen molar-refractivity contribution >= 4 is 17.1 Å². The third kappa shape index (κ3) is 2.49. The van der Waals surface area contributed by atoms with Crippen LogP contribution in [0, 0.1) is 22.7 Å². The van der Waals surface area contributed by atoms with Crippen LogP contribution < -0.4 is 0 Å². The first-order chi connectivity index (χ1) is 8.56. The zero-order valence-electron chi connectivity index (χ0n) is 11.0. The van der Waals surface area contributed by atoms with E-state index in [-0.39, 0.29) is 17.1 Å². The summed E-state index contributed by atoms with van der Waals surface area (Å²) in [6.07, 6.45) is 4.34. The molecule has 1 aromatic rings. The minimum absolute atomic E-state index is 0.0398. The van der Waals surface area contributed by atoms with Crippen molar-refractivity contribution in [3.05, 3.63) is 22.4 Å². The van der Waals surface area contributed by atoms with Gasteiger partial charge >= 0.3 is 0 Å². The molecule has 3 heteroatoms. The van der Waals surface area contributed by atoms with Crippen molar-refractivity contribution in [3.63, 3.8) is 0 Å². The average molecular weight is 261 g/mol. The Morgan fingerprint density at radius 3 is 2.89 bits per heavy atom. The van der Waals surface area contributed by atoms with E-state index in [1.54, 1.807) is 0 Å². The standard InChI is InChI=1S/C15H19NOS/c1-15(2)8-4-3-6-12(15)14(17)11(10-16)13-7-5-9-18-13/h5,7,9,11-12H,3-4,6,8H2,1-2H3. The number of hydrogen-bond acceptors (Lipinski definition) is 3. The lowest BCUT2D eigenvalue weighted by Crippen LogP contribution is -2.36. The first kappa shape index (κ1) is 13.3. The Morgan fingerprint density at radius 2 is 2.33 bits per heavy atom. The lowest BCUT2D eigenvalue weighted by atomic mass is 9.65. The number of rotatable bonds is 3. The zero-order chi connectivity index (χ0) is 13.2. The van der Waals surface area contributed by atoms with Crippen LogP contribution in [0.25, 0.3) is 0 Å². The van der Waals surface area contributed by atoms with Crippen molar-refractivity contribution in [2.45, 2.75) is 45.4 Å². The number of nitrogens with zero attached hydrogens (tertiary/aromatic N) is 1. The molecule has 18 heavy (non-hydrogen) atoms. The third-order valence-corrected chi connectivity index (χ3v) is 5.03. The van der Waals surface area contributed by atoms with Crippen molar-refractivity contribution < 1.29 is 4.79 Å². The van der Waals surface area contributed by atoms with Gasteiger partial charge in [0, 0.05) is 10.8 Å². The first-order valence-electron chi connectivity index (χ1n) is 6.53. The summed E-state index contributed by atoms with van der Waals surface area (Å²) < 4.78 is 0. The summed E-state index contributed by atoms with van der Waals surface area (Å²) in [5.41, 5.74) is 0.0433. The average Bonchev–Trinajstić information content (AvgIpc) is 2.83. The van der Waals surface area contributed by atoms with Crippen LogP contribution in [-0.4, -0.2) is 5.78 Å². The smallest absolute Gasteiger partial charge is 0.158 e. The summed E-state index contributed by atoms with van der Waals surface area (Å²) in [5.74, 6) is -0.393. The van der Waals surface area contributed by atoms with Gasteiger partial charge in [0.1, 0.15) is 5.92 Å². The molecule has 1 aromatic heterocycles. The van der Waals surface area contributed by atoms with Gasteiger partial charge in [-0.25, -0.2) is 0 Å². The van der Waals surface area contributed by atoms with Gasteiger partial charge in [-0.1, -0.05) is 32.8 Å². The molecule has 0 bridgehead atoms. The molecule has 0 saturated heterocycles. The Balaban J connectivity index is 2.22. The molecular formula is C15H19NOS. The quantitative estimate of drug-likeness (QED) is 0.820. The van der Waals surface area contributed by atoms with E-state index in [0.717, 1.165) is 24.1 Å². The minimum atomic E-state index is -0.563. The molecular weight excluding hydrogens is 242 g/mol. The summed E-state index contributed by atoms with van der Waals surface area (Å²) in [6.45, 7) is 4.33. The zero-order valence-corrected chi connectivity index (χ0v) is 11.8. The molecule has 1 heterocycles. The predicted molar refractivity (Wildman–Crippen MR) is 73.4 cm³/mol. The SMILES string of the molecule is CC1(C)CCCCC1C(=O)C(C#N)c1cccs1. The van der Waals surface area contributed by atoms with E-state index < -0.39 is 5.92 Å². The number of nitriles is 1. The lowest BCUT2D eigenvalue weighted by molar-refractivity contribution is -0.128. The summed E-state index contributed by atoms with van der Waals surface area (Å²) in [7, 11) is 0. The van der Waals surface area contributed by atoms with Crippen molar-refractivity contribution in [3.8, 4) is 6.07 Å². The maximum atomic E-state index is 12.6. The van der Waals surface area contributed by atoms with Crippen molar-refractivity contribution in [1.29, 1.82) is 5.26 Å². The Bertz CT molecular complexity index is 455. The number of thiophene rings is 1. The maximum absolute atomic E-state index is 12.6. The third-order valence-electron chi connectivity index (χ3n) is 4.09. The van der Waals surface area contributed by atoms with Crippen molar-refractivity contribution in [2.24, 2.45) is 11.3 Å². The monoisotopic (exact) mass is 261 g/mol. The molecule has 2 nitrogen and oxygen atoms in total. The van der Waals surface area contributed by atoms with E-state index >= 15 is 0 Å². The van der Waals surface area contributed by atoms with Crippen LogP contribution in [0.4, 0.5) is 0 Å². The molecule has 1 fully saturated rings. The molecule has 0 amide bonds. The number of carbonyl (C=O) groups is 1. The Hall–Kier alpha value is -1.14. The predicted octanol–water partition coefficient (Wildman–Crippen LogP) is 4.14. The molecule has 96 valence electrons. The van der Waals surface area contributed by atoms with Crippen LogP contribution in [-0.2, 0) is 4.79 Å². The lowest BCUT2D eigenvalue weighted by Gasteiger charge is -2.38. The molecule has 0 spiro atoms. The van der Waals surface area contributed by atoms with E-state index in [9.17, 15) is 10.1 Å². The van der Waals surface area contributed by atoms with Crippen LogP contribution in [0.15, 0.2) is 17.5 Å². The molecule has 0 aromatic carbocycles. The summed E-state index contributed by atoms with van der Waals surface area (Å²) in [4.78, 5) is 13.5. The van der Waals surface area contributed by atoms with Crippen molar-refractivity contribution in [2.75, 3.05) is 0 Å². The van der Waals surface area contributed by atoms with Crippen molar-refractivity contribution in [1.82, 2.24) is 0 Å². The molecule has 0 N–H and O–H groups in total. The molecule has 1 saturated carbocycles. The van der Waals surface area contributed by atoms with Gasteiger partial charge in [0.15, 0.2) is 5.78 Å². The van der Waals surface area contributed by atoms with E-state index in [0.29, 0.717) is 0 Å². The van der Waals surface area contributed by atoms with E-state index in [4.69, 9.17) is 0 Å². The highest BCUT2D eigenvalue weighted by molar-refractivity contribution is 7.10. The second kappa shape index (κ2) is 5.24. The van der Waals surface area contributed by atoms with Gasteiger partial charge in [0.05, 0.1) is 6.07 Å². The van der Waals surface area contributed by atoms with Crippen LogP contribution in [0.3, 0.4) is 0 Å². The molecule has 2 atom stereocenters. The van der Waals surface area contributed by atoms with Gasteiger partial charge in [0.2, 0.25) is 0 Å². The Kier molecular flexibility index (Phi) is 3.87. The summed E-state index contributed by atoms with van der Waals surface area (Å²) in [5, 5.41) is 11.2. The number of ketones is 1. The molecule has 2 rings (SSSR count). The van der Waals surface area contributed by atoms with Gasteiger partial charge in [-0.2, -0.15) is 5.26 Å². The maximum Gasteiger partial charge on any atom is 0.158 e. The molecule has 1 aliphatic carbocycles. The fourth-order valence-electron chi connectivity index (χ4n) is 2.95. The van der Waals surface area contributed by atoms with Gasteiger partial charge in [-0.05, 0) is 29.7 Å². The molecule has 2 unspecified atom stereocenters. The molecule has 1 aliphatic rings.